The highest BCUT2D eigenvalue weighted by atomic mass is 16.6. The topological polar surface area (TPSA) is 42.9 Å². The van der Waals surface area contributed by atoms with Crippen LogP contribution in [0.3, 0.4) is 0 Å². The van der Waals surface area contributed by atoms with E-state index in [0.29, 0.717) is 18.3 Å². The first-order chi connectivity index (χ1) is 7.92. The van der Waals surface area contributed by atoms with Crippen molar-refractivity contribution in [2.24, 2.45) is 11.8 Å². The van der Waals surface area contributed by atoms with Crippen LogP contribution in [0.1, 0.15) is 53.4 Å². The van der Waals surface area contributed by atoms with E-state index < -0.39 is 0 Å². The standard InChI is InChI=1S/C14H27NO2/c1-11(2)5-6-13(16)17-14(3,4)12-7-9-15-10-8-12/h11-12,15H,5-10H2,1-4H3/p+1. The largest absolute Gasteiger partial charge is 0.459 e. The molecule has 3 nitrogen and oxygen atoms in total. The van der Waals surface area contributed by atoms with Crippen LogP contribution in [-0.4, -0.2) is 24.7 Å². The molecule has 0 aromatic rings. The molecule has 0 bridgehead atoms. The van der Waals surface area contributed by atoms with Gasteiger partial charge in [-0.15, -0.1) is 0 Å². The molecule has 17 heavy (non-hydrogen) atoms. The summed E-state index contributed by atoms with van der Waals surface area (Å²) in [7, 11) is 0. The molecule has 0 radical (unpaired) electrons. The van der Waals surface area contributed by atoms with Gasteiger partial charge in [0.05, 0.1) is 13.1 Å². The first-order valence-corrected chi connectivity index (χ1v) is 6.95. The Hall–Kier alpha value is -0.570. The maximum absolute atomic E-state index is 11.8. The SMILES string of the molecule is CC(C)CCC(=O)OC(C)(C)C1CC[NH2+]CC1. The van der Waals surface area contributed by atoms with E-state index in [1.165, 1.54) is 0 Å². The highest BCUT2D eigenvalue weighted by Gasteiger charge is 2.35. The van der Waals surface area contributed by atoms with E-state index >= 15 is 0 Å². The minimum absolute atomic E-state index is 0.0294. The van der Waals surface area contributed by atoms with E-state index in [0.717, 1.165) is 32.4 Å². The van der Waals surface area contributed by atoms with E-state index in [4.69, 9.17) is 4.74 Å². The van der Waals surface area contributed by atoms with Gasteiger partial charge in [-0.1, -0.05) is 13.8 Å². The quantitative estimate of drug-likeness (QED) is 0.746. The van der Waals surface area contributed by atoms with Crippen molar-refractivity contribution in [1.82, 2.24) is 0 Å². The predicted molar refractivity (Wildman–Crippen MR) is 68.6 cm³/mol. The van der Waals surface area contributed by atoms with Gasteiger partial charge in [0.25, 0.3) is 0 Å². The van der Waals surface area contributed by atoms with Gasteiger partial charge in [0.2, 0.25) is 0 Å². The number of carbonyl (C=O) groups is 1. The fraction of sp³-hybridized carbons (Fsp3) is 0.929. The lowest BCUT2D eigenvalue weighted by atomic mass is 9.83. The van der Waals surface area contributed by atoms with Crippen LogP contribution >= 0.6 is 0 Å². The Kier molecular flexibility index (Phi) is 5.44. The lowest BCUT2D eigenvalue weighted by Gasteiger charge is -2.35. The number of piperidine rings is 1. The third-order valence-electron chi connectivity index (χ3n) is 3.72. The minimum Gasteiger partial charge on any atom is -0.459 e. The van der Waals surface area contributed by atoms with Gasteiger partial charge < -0.3 is 10.1 Å². The van der Waals surface area contributed by atoms with E-state index in [1.54, 1.807) is 0 Å². The molecular weight excluding hydrogens is 214 g/mol. The van der Waals surface area contributed by atoms with E-state index in [1.807, 2.05) is 0 Å². The highest BCUT2D eigenvalue weighted by molar-refractivity contribution is 5.69. The number of hydrogen-bond donors (Lipinski definition) is 1. The Labute approximate surface area is 105 Å². The number of quaternary nitrogens is 1. The molecule has 0 aromatic carbocycles. The van der Waals surface area contributed by atoms with Crippen LogP contribution in [0.2, 0.25) is 0 Å². The molecule has 2 N–H and O–H groups in total. The smallest absolute Gasteiger partial charge is 0.306 e. The summed E-state index contributed by atoms with van der Waals surface area (Å²) >= 11 is 0. The van der Waals surface area contributed by atoms with Crippen molar-refractivity contribution in [3.05, 3.63) is 0 Å². The molecule has 1 heterocycles. The molecule has 1 saturated heterocycles. The molecule has 0 amide bonds. The molecule has 0 atom stereocenters. The van der Waals surface area contributed by atoms with Crippen LogP contribution in [0.15, 0.2) is 0 Å². The lowest BCUT2D eigenvalue weighted by molar-refractivity contribution is -0.665. The molecule has 1 fully saturated rings. The van der Waals surface area contributed by atoms with Crippen molar-refractivity contribution in [3.8, 4) is 0 Å². The molecule has 0 aliphatic carbocycles. The zero-order chi connectivity index (χ0) is 12.9. The Morgan fingerprint density at radius 2 is 1.94 bits per heavy atom. The van der Waals surface area contributed by atoms with Gasteiger partial charge in [0.1, 0.15) is 5.60 Å². The molecule has 1 rings (SSSR count). The zero-order valence-corrected chi connectivity index (χ0v) is 11.8. The van der Waals surface area contributed by atoms with Crippen molar-refractivity contribution in [2.75, 3.05) is 13.1 Å². The third kappa shape index (κ3) is 5.07. The maximum atomic E-state index is 11.8. The van der Waals surface area contributed by atoms with Crippen molar-refractivity contribution in [3.63, 3.8) is 0 Å². The van der Waals surface area contributed by atoms with E-state index in [2.05, 4.69) is 33.0 Å². The second kappa shape index (κ2) is 6.39. The second-order valence-electron chi connectivity index (χ2n) is 6.15. The maximum Gasteiger partial charge on any atom is 0.306 e. The third-order valence-corrected chi connectivity index (χ3v) is 3.72. The summed E-state index contributed by atoms with van der Waals surface area (Å²) in [6.45, 7) is 10.7. The fourth-order valence-corrected chi connectivity index (χ4v) is 2.46. The highest BCUT2D eigenvalue weighted by Crippen LogP contribution is 2.28. The predicted octanol–water partition coefficient (Wildman–Crippen LogP) is 1.72. The van der Waals surface area contributed by atoms with Crippen molar-refractivity contribution >= 4 is 5.97 Å². The van der Waals surface area contributed by atoms with Crippen LogP contribution in [0, 0.1) is 11.8 Å². The average Bonchev–Trinajstić information content (AvgIpc) is 2.27. The van der Waals surface area contributed by atoms with Crippen LogP contribution in [0.25, 0.3) is 0 Å². The molecule has 0 unspecified atom stereocenters. The Morgan fingerprint density at radius 1 is 1.35 bits per heavy atom. The molecule has 0 aromatic heterocycles. The van der Waals surface area contributed by atoms with Gasteiger partial charge in [-0.25, -0.2) is 0 Å². The molecular formula is C14H28NO2+. The molecule has 3 heteroatoms. The number of ether oxygens (including phenoxy) is 1. The molecule has 0 spiro atoms. The van der Waals surface area contributed by atoms with Crippen molar-refractivity contribution < 1.29 is 14.8 Å². The molecule has 0 saturated carbocycles. The monoisotopic (exact) mass is 242 g/mol. The summed E-state index contributed by atoms with van der Waals surface area (Å²) in [6.07, 6.45) is 3.79. The number of carbonyl (C=O) groups excluding carboxylic acids is 1. The molecule has 1 aliphatic rings. The van der Waals surface area contributed by atoms with Crippen LogP contribution in [-0.2, 0) is 9.53 Å². The van der Waals surface area contributed by atoms with Gasteiger partial charge >= 0.3 is 5.97 Å². The Morgan fingerprint density at radius 3 is 2.47 bits per heavy atom. The van der Waals surface area contributed by atoms with E-state index in [-0.39, 0.29) is 11.6 Å². The van der Waals surface area contributed by atoms with Gasteiger partial charge in [-0.3, -0.25) is 4.79 Å². The summed E-state index contributed by atoms with van der Waals surface area (Å²) in [5, 5.41) is 2.34. The number of rotatable bonds is 5. The van der Waals surface area contributed by atoms with Crippen LogP contribution in [0.5, 0.6) is 0 Å². The van der Waals surface area contributed by atoms with Gasteiger partial charge in [-0.2, -0.15) is 0 Å². The summed E-state index contributed by atoms with van der Waals surface area (Å²) < 4.78 is 5.67. The Bertz CT molecular complexity index is 243. The Balaban J connectivity index is 2.38. The van der Waals surface area contributed by atoms with E-state index in [9.17, 15) is 4.79 Å². The zero-order valence-electron chi connectivity index (χ0n) is 11.8. The second-order valence-corrected chi connectivity index (χ2v) is 6.15. The van der Waals surface area contributed by atoms with Gasteiger partial charge in [0.15, 0.2) is 0 Å². The van der Waals surface area contributed by atoms with Crippen LogP contribution in [0.4, 0.5) is 0 Å². The number of nitrogens with two attached hydrogens (primary N) is 1. The average molecular weight is 242 g/mol. The molecule has 1 aliphatic heterocycles. The number of hydrogen-bond acceptors (Lipinski definition) is 2. The summed E-state index contributed by atoms with van der Waals surface area (Å²) in [6, 6.07) is 0. The molecule has 100 valence electrons. The normalized spacial score (nSPS) is 18.4. The lowest BCUT2D eigenvalue weighted by Crippen LogP contribution is -2.86. The van der Waals surface area contributed by atoms with Gasteiger partial charge in [-0.05, 0) is 26.2 Å². The first kappa shape index (κ1) is 14.5. The summed E-state index contributed by atoms with van der Waals surface area (Å²) in [5.41, 5.74) is -0.289. The summed E-state index contributed by atoms with van der Waals surface area (Å²) in [5.74, 6) is 1.06. The van der Waals surface area contributed by atoms with Crippen molar-refractivity contribution in [1.29, 1.82) is 0 Å². The first-order valence-electron chi connectivity index (χ1n) is 6.95. The fourth-order valence-electron chi connectivity index (χ4n) is 2.46. The summed E-state index contributed by atoms with van der Waals surface area (Å²) in [4.78, 5) is 11.8. The van der Waals surface area contributed by atoms with Crippen molar-refractivity contribution in [2.45, 2.75) is 59.0 Å². The van der Waals surface area contributed by atoms with Crippen LogP contribution < -0.4 is 5.32 Å². The van der Waals surface area contributed by atoms with Gasteiger partial charge in [0, 0.05) is 25.2 Å². The minimum atomic E-state index is -0.289. The number of esters is 1.